The number of rotatable bonds is 10. The summed E-state index contributed by atoms with van der Waals surface area (Å²) < 4.78 is 17.2. The van der Waals surface area contributed by atoms with E-state index in [1.54, 1.807) is 12.0 Å². The molecule has 6 nitrogen and oxygen atoms in total. The van der Waals surface area contributed by atoms with E-state index in [4.69, 9.17) is 19.2 Å². The predicted molar refractivity (Wildman–Crippen MR) is 159 cm³/mol. The van der Waals surface area contributed by atoms with Crippen LogP contribution >= 0.6 is 11.8 Å². The van der Waals surface area contributed by atoms with Crippen LogP contribution in [-0.2, 0) is 16.1 Å². The lowest BCUT2D eigenvalue weighted by atomic mass is 10.1. The van der Waals surface area contributed by atoms with E-state index in [1.165, 1.54) is 22.5 Å². The molecule has 5 rings (SSSR count). The van der Waals surface area contributed by atoms with Crippen LogP contribution in [0, 0.1) is 0 Å². The van der Waals surface area contributed by atoms with E-state index in [9.17, 15) is 4.79 Å². The van der Waals surface area contributed by atoms with Crippen molar-refractivity contribution < 1.29 is 19.0 Å². The zero-order valence-electron chi connectivity index (χ0n) is 22.0. The fourth-order valence-electron chi connectivity index (χ4n) is 4.24. The lowest BCUT2D eigenvalue weighted by molar-refractivity contribution is -0.122. The molecule has 0 atom stereocenters. The van der Waals surface area contributed by atoms with Crippen molar-refractivity contribution in [2.24, 2.45) is 4.99 Å². The van der Waals surface area contributed by atoms with Crippen molar-refractivity contribution in [3.8, 4) is 11.5 Å². The molecule has 4 aromatic rings. The molecular weight excluding hydrogens is 508 g/mol. The molecule has 1 amide bonds. The van der Waals surface area contributed by atoms with Crippen molar-refractivity contribution in [3.05, 3.63) is 107 Å². The highest BCUT2D eigenvalue weighted by Crippen LogP contribution is 2.36. The Labute approximate surface area is 232 Å². The number of aliphatic imine (C=N–C) groups is 1. The van der Waals surface area contributed by atoms with E-state index in [0.29, 0.717) is 47.9 Å². The molecule has 0 unspecified atom stereocenters. The van der Waals surface area contributed by atoms with Gasteiger partial charge in [-0.25, -0.2) is 4.99 Å². The lowest BCUT2D eigenvalue weighted by Crippen LogP contribution is -2.32. The summed E-state index contributed by atoms with van der Waals surface area (Å²) in [7, 11) is 1.62. The van der Waals surface area contributed by atoms with Gasteiger partial charge in [0.1, 0.15) is 6.61 Å². The SMILES string of the molecule is CCOCCN1C(=O)/C(=C/c2ccc(OCc3ccc4ccccc4c3)c(OC)c2)SC1=Nc1ccccc1. The number of amidine groups is 1. The number of carbonyl (C=O) groups is 1. The summed E-state index contributed by atoms with van der Waals surface area (Å²) >= 11 is 1.36. The molecule has 0 aromatic heterocycles. The quantitative estimate of drug-likeness (QED) is 0.160. The minimum atomic E-state index is -0.0926. The molecule has 1 saturated heterocycles. The van der Waals surface area contributed by atoms with Gasteiger partial charge >= 0.3 is 0 Å². The number of hydrogen-bond donors (Lipinski definition) is 0. The van der Waals surface area contributed by atoms with Crippen LogP contribution in [0.3, 0.4) is 0 Å². The van der Waals surface area contributed by atoms with Crippen LogP contribution in [0.5, 0.6) is 11.5 Å². The third-order valence-corrected chi connectivity index (χ3v) is 7.23. The lowest BCUT2D eigenvalue weighted by Gasteiger charge is -2.15. The molecule has 1 aliphatic heterocycles. The number of thioether (sulfide) groups is 1. The largest absolute Gasteiger partial charge is 0.493 e. The second kappa shape index (κ2) is 12.7. The standard InChI is InChI=1S/C32H30N2O4S/c1-3-37-18-17-34-31(35)30(39-32(34)33-27-11-5-4-6-12-27)21-23-14-16-28(29(20-23)36-2)38-22-24-13-15-25-9-7-8-10-26(25)19-24/h4-16,19-21H,3,17-18,22H2,1-2H3/b30-21-,33-32?. The molecule has 1 heterocycles. The Morgan fingerprint density at radius 3 is 2.49 bits per heavy atom. The third-order valence-electron chi connectivity index (χ3n) is 6.23. The average molecular weight is 539 g/mol. The average Bonchev–Trinajstić information content (AvgIpc) is 3.25. The van der Waals surface area contributed by atoms with Gasteiger partial charge in [0.25, 0.3) is 5.91 Å². The topological polar surface area (TPSA) is 60.4 Å². The van der Waals surface area contributed by atoms with Gasteiger partial charge in [-0.15, -0.1) is 0 Å². The first kappa shape index (κ1) is 26.5. The molecule has 0 bridgehead atoms. The summed E-state index contributed by atoms with van der Waals surface area (Å²) in [6.45, 7) is 3.84. The predicted octanol–water partition coefficient (Wildman–Crippen LogP) is 7.07. The van der Waals surface area contributed by atoms with Gasteiger partial charge in [0, 0.05) is 6.61 Å². The van der Waals surface area contributed by atoms with Crippen LogP contribution in [0.15, 0.2) is 101 Å². The Kier molecular flexibility index (Phi) is 8.61. The van der Waals surface area contributed by atoms with E-state index < -0.39 is 0 Å². The molecule has 0 spiro atoms. The fraction of sp³-hybridized carbons (Fsp3) is 0.188. The summed E-state index contributed by atoms with van der Waals surface area (Å²) in [5.74, 6) is 1.15. The molecule has 0 saturated carbocycles. The summed E-state index contributed by atoms with van der Waals surface area (Å²) in [5.41, 5.74) is 2.71. The first-order valence-electron chi connectivity index (χ1n) is 12.9. The third kappa shape index (κ3) is 6.50. The zero-order valence-corrected chi connectivity index (χ0v) is 22.8. The van der Waals surface area contributed by atoms with Crippen LogP contribution in [-0.4, -0.2) is 42.8 Å². The van der Waals surface area contributed by atoms with Crippen molar-refractivity contribution in [1.82, 2.24) is 4.90 Å². The van der Waals surface area contributed by atoms with Crippen LogP contribution < -0.4 is 9.47 Å². The number of ether oxygens (including phenoxy) is 3. The van der Waals surface area contributed by atoms with E-state index in [1.807, 2.05) is 73.7 Å². The molecule has 0 radical (unpaired) electrons. The molecule has 1 aliphatic rings. The Morgan fingerprint density at radius 2 is 1.69 bits per heavy atom. The van der Waals surface area contributed by atoms with E-state index >= 15 is 0 Å². The first-order valence-corrected chi connectivity index (χ1v) is 13.7. The normalized spacial score (nSPS) is 15.4. The summed E-state index contributed by atoms with van der Waals surface area (Å²) in [5, 5.41) is 3.01. The fourth-order valence-corrected chi connectivity index (χ4v) is 5.26. The van der Waals surface area contributed by atoms with Gasteiger partial charge in [-0.2, -0.15) is 0 Å². The zero-order chi connectivity index (χ0) is 27.0. The van der Waals surface area contributed by atoms with Crippen molar-refractivity contribution in [3.63, 3.8) is 0 Å². The van der Waals surface area contributed by atoms with E-state index in [0.717, 1.165) is 16.8 Å². The van der Waals surface area contributed by atoms with Gasteiger partial charge in [-0.3, -0.25) is 9.69 Å². The molecular formula is C32H30N2O4S. The molecule has 7 heteroatoms. The Bertz CT molecular complexity index is 1520. The van der Waals surface area contributed by atoms with Crippen LogP contribution in [0.4, 0.5) is 5.69 Å². The van der Waals surface area contributed by atoms with E-state index in [-0.39, 0.29) is 5.91 Å². The monoisotopic (exact) mass is 538 g/mol. The molecule has 0 N–H and O–H groups in total. The minimum absolute atomic E-state index is 0.0926. The molecule has 4 aromatic carbocycles. The number of methoxy groups -OCH3 is 1. The van der Waals surface area contributed by atoms with Gasteiger partial charge in [-0.1, -0.05) is 60.7 Å². The maximum atomic E-state index is 13.3. The number of hydrogen-bond acceptors (Lipinski definition) is 6. The van der Waals surface area contributed by atoms with Gasteiger partial charge in [0.15, 0.2) is 16.7 Å². The number of amides is 1. The number of nitrogens with zero attached hydrogens (tertiary/aromatic N) is 2. The van der Waals surface area contributed by atoms with E-state index in [2.05, 4.69) is 30.3 Å². The maximum Gasteiger partial charge on any atom is 0.266 e. The smallest absolute Gasteiger partial charge is 0.266 e. The van der Waals surface area contributed by atoms with Gasteiger partial charge in [-0.05, 0) is 77.0 Å². The highest BCUT2D eigenvalue weighted by Gasteiger charge is 2.33. The Balaban J connectivity index is 1.34. The summed E-state index contributed by atoms with van der Waals surface area (Å²) in [6, 6.07) is 29.9. The van der Waals surface area contributed by atoms with Crippen molar-refractivity contribution in [2.45, 2.75) is 13.5 Å². The van der Waals surface area contributed by atoms with Gasteiger partial charge in [0.05, 0.1) is 30.9 Å². The highest BCUT2D eigenvalue weighted by atomic mass is 32.2. The number of carbonyl (C=O) groups excluding carboxylic acids is 1. The summed E-state index contributed by atoms with van der Waals surface area (Å²) in [6.07, 6.45) is 1.86. The molecule has 198 valence electrons. The molecule has 0 aliphatic carbocycles. The van der Waals surface area contributed by atoms with Gasteiger partial charge < -0.3 is 14.2 Å². The maximum absolute atomic E-state index is 13.3. The molecule has 39 heavy (non-hydrogen) atoms. The van der Waals surface area contributed by atoms with Crippen LogP contribution in [0.2, 0.25) is 0 Å². The molecule has 1 fully saturated rings. The van der Waals surface area contributed by atoms with Crippen LogP contribution in [0.1, 0.15) is 18.1 Å². The number of para-hydroxylation sites is 1. The van der Waals surface area contributed by atoms with Crippen molar-refractivity contribution in [2.75, 3.05) is 26.9 Å². The highest BCUT2D eigenvalue weighted by molar-refractivity contribution is 8.18. The van der Waals surface area contributed by atoms with Crippen molar-refractivity contribution >= 4 is 45.4 Å². The number of fused-ring (bicyclic) bond motifs is 1. The Hall–Kier alpha value is -4.07. The second-order valence-corrected chi connectivity index (χ2v) is 9.88. The second-order valence-electron chi connectivity index (χ2n) is 8.87. The number of benzene rings is 4. The van der Waals surface area contributed by atoms with Crippen LogP contribution in [0.25, 0.3) is 16.8 Å². The van der Waals surface area contributed by atoms with Crippen molar-refractivity contribution in [1.29, 1.82) is 0 Å². The first-order chi connectivity index (χ1) is 19.1. The Morgan fingerprint density at radius 1 is 0.897 bits per heavy atom. The summed E-state index contributed by atoms with van der Waals surface area (Å²) in [4.78, 5) is 20.3. The minimum Gasteiger partial charge on any atom is -0.493 e. The van der Waals surface area contributed by atoms with Gasteiger partial charge in [0.2, 0.25) is 0 Å².